The van der Waals surface area contributed by atoms with Crippen molar-refractivity contribution >= 4 is 12.0 Å². The van der Waals surface area contributed by atoms with Gasteiger partial charge in [-0.3, -0.25) is 4.79 Å². The minimum Gasteiger partial charge on any atom is -0.368 e. The number of aryl methyl sites for hydroxylation is 1. The SMILES string of the molecule is Cc1cc(N(CC(C)C)C2CC2)ccc1C=O. The summed E-state index contributed by atoms with van der Waals surface area (Å²) in [5.41, 5.74) is 3.14. The zero-order valence-electron chi connectivity index (χ0n) is 10.9. The molecule has 1 saturated carbocycles. The van der Waals surface area contributed by atoms with Crippen LogP contribution in [0.5, 0.6) is 0 Å². The number of anilines is 1. The van der Waals surface area contributed by atoms with E-state index in [1.54, 1.807) is 0 Å². The van der Waals surface area contributed by atoms with Crippen LogP contribution in [0.3, 0.4) is 0 Å². The molecule has 1 aliphatic rings. The minimum absolute atomic E-state index is 0.668. The van der Waals surface area contributed by atoms with Gasteiger partial charge in [0.1, 0.15) is 6.29 Å². The van der Waals surface area contributed by atoms with Gasteiger partial charge in [0.15, 0.2) is 0 Å². The molecular weight excluding hydrogens is 210 g/mol. The van der Waals surface area contributed by atoms with Crippen LogP contribution in [-0.4, -0.2) is 18.9 Å². The second-order valence-corrected chi connectivity index (χ2v) is 5.44. The van der Waals surface area contributed by atoms with Gasteiger partial charge in [-0.15, -0.1) is 0 Å². The van der Waals surface area contributed by atoms with E-state index in [1.165, 1.54) is 18.5 Å². The maximum atomic E-state index is 10.8. The van der Waals surface area contributed by atoms with E-state index in [-0.39, 0.29) is 0 Å². The second-order valence-electron chi connectivity index (χ2n) is 5.44. The molecule has 0 heterocycles. The molecule has 92 valence electrons. The van der Waals surface area contributed by atoms with Crippen LogP contribution in [0.15, 0.2) is 18.2 Å². The Morgan fingerprint density at radius 2 is 2.12 bits per heavy atom. The van der Waals surface area contributed by atoms with Crippen LogP contribution < -0.4 is 4.90 Å². The number of aldehydes is 1. The number of carbonyl (C=O) groups is 1. The summed E-state index contributed by atoms with van der Waals surface area (Å²) in [5, 5.41) is 0. The average Bonchev–Trinajstić information content (AvgIpc) is 3.09. The molecule has 0 spiro atoms. The van der Waals surface area contributed by atoms with E-state index < -0.39 is 0 Å². The Balaban J connectivity index is 2.23. The molecule has 0 saturated heterocycles. The lowest BCUT2D eigenvalue weighted by atomic mass is 10.1. The van der Waals surface area contributed by atoms with Crippen LogP contribution in [0, 0.1) is 12.8 Å². The molecule has 2 nitrogen and oxygen atoms in total. The molecule has 2 rings (SSSR count). The number of carbonyl (C=O) groups excluding carboxylic acids is 1. The van der Waals surface area contributed by atoms with Crippen molar-refractivity contribution < 1.29 is 4.79 Å². The Hall–Kier alpha value is -1.31. The summed E-state index contributed by atoms with van der Waals surface area (Å²) < 4.78 is 0. The van der Waals surface area contributed by atoms with E-state index in [0.717, 1.165) is 30.0 Å². The molecule has 0 atom stereocenters. The highest BCUT2D eigenvalue weighted by atomic mass is 16.1. The molecule has 17 heavy (non-hydrogen) atoms. The number of nitrogens with zero attached hydrogens (tertiary/aromatic N) is 1. The summed E-state index contributed by atoms with van der Waals surface area (Å²) in [5.74, 6) is 0.668. The first-order valence-electron chi connectivity index (χ1n) is 6.44. The van der Waals surface area contributed by atoms with Gasteiger partial charge in [-0.2, -0.15) is 0 Å². The van der Waals surface area contributed by atoms with Gasteiger partial charge in [0.25, 0.3) is 0 Å². The van der Waals surface area contributed by atoms with Crippen LogP contribution in [0.25, 0.3) is 0 Å². The van der Waals surface area contributed by atoms with Crippen molar-refractivity contribution in [2.24, 2.45) is 5.92 Å². The quantitative estimate of drug-likeness (QED) is 0.724. The first-order chi connectivity index (χ1) is 8.11. The third-order valence-electron chi connectivity index (χ3n) is 3.26. The third-order valence-corrected chi connectivity index (χ3v) is 3.26. The van der Waals surface area contributed by atoms with Crippen molar-refractivity contribution in [3.05, 3.63) is 29.3 Å². The Labute approximate surface area is 104 Å². The smallest absolute Gasteiger partial charge is 0.150 e. The fraction of sp³-hybridized carbons (Fsp3) is 0.533. The van der Waals surface area contributed by atoms with Crippen molar-refractivity contribution in [1.82, 2.24) is 0 Å². The molecule has 0 unspecified atom stereocenters. The highest BCUT2D eigenvalue weighted by molar-refractivity contribution is 5.78. The molecule has 0 bridgehead atoms. The lowest BCUT2D eigenvalue weighted by molar-refractivity contribution is 0.112. The maximum absolute atomic E-state index is 10.8. The molecule has 1 aliphatic carbocycles. The van der Waals surface area contributed by atoms with Gasteiger partial charge in [-0.25, -0.2) is 0 Å². The van der Waals surface area contributed by atoms with Gasteiger partial charge in [0.2, 0.25) is 0 Å². The van der Waals surface area contributed by atoms with Crippen molar-refractivity contribution in [2.45, 2.75) is 39.7 Å². The van der Waals surface area contributed by atoms with E-state index >= 15 is 0 Å². The Morgan fingerprint density at radius 1 is 1.41 bits per heavy atom. The largest absolute Gasteiger partial charge is 0.368 e. The van der Waals surface area contributed by atoms with Gasteiger partial charge in [-0.1, -0.05) is 13.8 Å². The summed E-state index contributed by atoms with van der Waals surface area (Å²) in [6.07, 6.45) is 3.55. The topological polar surface area (TPSA) is 20.3 Å². The van der Waals surface area contributed by atoms with E-state index in [4.69, 9.17) is 0 Å². The summed E-state index contributed by atoms with van der Waals surface area (Å²) in [4.78, 5) is 13.3. The van der Waals surface area contributed by atoms with E-state index in [0.29, 0.717) is 5.92 Å². The van der Waals surface area contributed by atoms with Crippen molar-refractivity contribution in [3.63, 3.8) is 0 Å². The van der Waals surface area contributed by atoms with Crippen molar-refractivity contribution in [3.8, 4) is 0 Å². The zero-order chi connectivity index (χ0) is 12.4. The monoisotopic (exact) mass is 231 g/mol. The average molecular weight is 231 g/mol. The first-order valence-corrected chi connectivity index (χ1v) is 6.44. The molecule has 2 heteroatoms. The van der Waals surface area contributed by atoms with Crippen molar-refractivity contribution in [2.75, 3.05) is 11.4 Å². The molecule has 0 aliphatic heterocycles. The molecule has 1 aromatic carbocycles. The summed E-state index contributed by atoms with van der Waals surface area (Å²) in [6, 6.07) is 6.88. The number of hydrogen-bond donors (Lipinski definition) is 0. The highest BCUT2D eigenvalue weighted by Crippen LogP contribution is 2.33. The van der Waals surface area contributed by atoms with E-state index in [2.05, 4.69) is 30.9 Å². The van der Waals surface area contributed by atoms with E-state index in [1.807, 2.05) is 13.0 Å². The molecule has 0 radical (unpaired) electrons. The zero-order valence-corrected chi connectivity index (χ0v) is 10.9. The predicted molar refractivity (Wildman–Crippen MR) is 71.8 cm³/mol. The van der Waals surface area contributed by atoms with Crippen LogP contribution >= 0.6 is 0 Å². The number of benzene rings is 1. The van der Waals surface area contributed by atoms with Crippen LogP contribution in [0.4, 0.5) is 5.69 Å². The van der Waals surface area contributed by atoms with Crippen molar-refractivity contribution in [1.29, 1.82) is 0 Å². The number of rotatable bonds is 5. The fourth-order valence-corrected chi connectivity index (χ4v) is 2.22. The molecular formula is C15H21NO. The Bertz CT molecular complexity index is 407. The lowest BCUT2D eigenvalue weighted by Gasteiger charge is -2.27. The summed E-state index contributed by atoms with van der Waals surface area (Å²) >= 11 is 0. The predicted octanol–water partition coefficient (Wildman–Crippen LogP) is 3.43. The summed E-state index contributed by atoms with van der Waals surface area (Å²) in [7, 11) is 0. The third kappa shape index (κ3) is 2.87. The minimum atomic E-state index is 0.668. The van der Waals surface area contributed by atoms with Crippen LogP contribution in [-0.2, 0) is 0 Å². The number of hydrogen-bond acceptors (Lipinski definition) is 2. The van der Waals surface area contributed by atoms with Crippen LogP contribution in [0.1, 0.15) is 42.6 Å². The van der Waals surface area contributed by atoms with Gasteiger partial charge < -0.3 is 4.90 Å². The normalized spacial score (nSPS) is 15.1. The molecule has 0 N–H and O–H groups in total. The van der Waals surface area contributed by atoms with E-state index in [9.17, 15) is 4.79 Å². The van der Waals surface area contributed by atoms with Gasteiger partial charge in [-0.05, 0) is 49.4 Å². The molecule has 1 aromatic rings. The standard InChI is InChI=1S/C15H21NO/c1-11(2)9-16(14-6-7-14)15-5-4-13(10-17)12(3)8-15/h4-5,8,10-11,14H,6-7,9H2,1-3H3. The first kappa shape index (κ1) is 12.2. The molecule has 0 amide bonds. The highest BCUT2D eigenvalue weighted by Gasteiger charge is 2.29. The fourth-order valence-electron chi connectivity index (χ4n) is 2.22. The molecule has 0 aromatic heterocycles. The van der Waals surface area contributed by atoms with Gasteiger partial charge in [0, 0.05) is 23.8 Å². The Morgan fingerprint density at radius 3 is 2.59 bits per heavy atom. The molecule has 1 fully saturated rings. The van der Waals surface area contributed by atoms with Gasteiger partial charge >= 0.3 is 0 Å². The lowest BCUT2D eigenvalue weighted by Crippen LogP contribution is -2.29. The van der Waals surface area contributed by atoms with Crippen LogP contribution in [0.2, 0.25) is 0 Å². The Kier molecular flexibility index (Phi) is 3.51. The van der Waals surface area contributed by atoms with Gasteiger partial charge in [0.05, 0.1) is 0 Å². The maximum Gasteiger partial charge on any atom is 0.150 e. The summed E-state index contributed by atoms with van der Waals surface area (Å²) in [6.45, 7) is 7.61. The second kappa shape index (κ2) is 4.91.